The van der Waals surface area contributed by atoms with E-state index in [1.165, 1.54) is 0 Å². The van der Waals surface area contributed by atoms with Crippen molar-refractivity contribution in [3.8, 4) is 0 Å². The van der Waals surface area contributed by atoms with Crippen LogP contribution in [0, 0.1) is 0 Å². The monoisotopic (exact) mass is 1430 g/mol. The van der Waals surface area contributed by atoms with E-state index in [1.54, 1.807) is 0 Å². The fourth-order valence-electron chi connectivity index (χ4n) is 0. The van der Waals surface area contributed by atoms with Gasteiger partial charge in [0.1, 0.15) is 0 Å². The van der Waals surface area contributed by atoms with Gasteiger partial charge in [0.15, 0.2) is 0 Å². The van der Waals surface area contributed by atoms with Gasteiger partial charge in [0.2, 0.25) is 0 Å². The van der Waals surface area contributed by atoms with Gasteiger partial charge in [0.05, 0.1) is 0 Å². The Labute approximate surface area is 468 Å². The van der Waals surface area contributed by atoms with E-state index in [2.05, 4.69) is 0 Å². The number of carboxylic acid groups (broad SMARTS) is 14. The molecule has 0 fully saturated rings. The smallest absolute Gasteiger partial charge is 0.550 e. The number of hydrogen-bond donors (Lipinski definition) is 0. The van der Waals surface area contributed by atoms with Crippen LogP contribution in [0.25, 0.3) is 0 Å². The predicted molar refractivity (Wildman–Crippen MR) is 155 cm³/mol. The van der Waals surface area contributed by atoms with Crippen molar-refractivity contribution in [3.05, 3.63) is 0 Å². The van der Waals surface area contributed by atoms with Gasteiger partial charge in [-0.2, -0.15) is 0 Å². The predicted octanol–water partition coefficient (Wildman–Crippen LogP) is -20.8. The molecule has 34 heteroatoms. The molecule has 0 aliphatic carbocycles. The number of hydrogen-bond acceptors (Lipinski definition) is 28. The molecule has 0 rings (SSSR count). The van der Waals surface area contributed by atoms with Crippen LogP contribution in [0.4, 0.5) is 0 Å². The summed E-state index contributed by atoms with van der Waals surface area (Å²) in [6.07, 6.45) is 0. The summed E-state index contributed by atoms with van der Waals surface area (Å²) < 4.78 is 0. The number of rotatable bonds is 0. The van der Waals surface area contributed by atoms with E-state index in [9.17, 15) is 0 Å². The Morgan fingerprint density at radius 2 is 0.226 bits per heavy atom. The Kier molecular flexibility index (Phi) is 261. The molecule has 0 aliphatic heterocycles. The third kappa shape index (κ3) is 31100. The van der Waals surface area contributed by atoms with E-state index in [-0.39, 0.29) is 155 Å². The van der Waals surface area contributed by atoms with Crippen molar-refractivity contribution < 1.29 is 270 Å². The zero-order valence-corrected chi connectivity index (χ0v) is 47.6. The van der Waals surface area contributed by atoms with Gasteiger partial charge in [0, 0.05) is 104 Å². The molecule has 0 atom stereocenters. The summed E-state index contributed by atoms with van der Waals surface area (Å²) in [4.78, 5) is 124. The molecular weight excluding hydrogens is 1390 g/mol. The topological polar surface area (TPSA) is 562 Å². The van der Waals surface area contributed by atoms with Crippen molar-refractivity contribution in [1.29, 1.82) is 0 Å². The van der Waals surface area contributed by atoms with Crippen LogP contribution in [0.3, 0.4) is 0 Å². The molecule has 0 unspecified atom stereocenters. The van der Waals surface area contributed by atoms with Gasteiger partial charge in [-0.1, -0.05) is 0 Å². The minimum atomic E-state index is -1.08. The summed E-state index contributed by atoms with van der Waals surface area (Å²) in [5.41, 5.74) is 0. The molecule has 365 valence electrons. The Hall–Kier alpha value is -2.43. The summed E-state index contributed by atoms with van der Waals surface area (Å²) >= 11 is 0. The third-order valence-electron chi connectivity index (χ3n) is 0. The maximum absolute atomic E-state index is 8.89. The standard InChI is InChI=1S/14C2H4O2.Au.Fe.K.Mg.Pd.Re/c14*1-2(3)4;;;;;;/h14*1H3,(H,3,4);;;;;;/q;;;;;;;;;;;;;;+3;+2;+1;2*+2;/p-14. The molecule has 0 aromatic rings. The molecule has 0 heterocycles. The van der Waals surface area contributed by atoms with Gasteiger partial charge in [-0.3, -0.25) is 0 Å². The molecule has 0 saturated carbocycles. The van der Waals surface area contributed by atoms with Crippen LogP contribution in [0.15, 0.2) is 0 Å². The minimum absolute atomic E-state index is 0. The van der Waals surface area contributed by atoms with Crippen molar-refractivity contribution in [2.24, 2.45) is 0 Å². The van der Waals surface area contributed by atoms with E-state index >= 15 is 0 Å². The van der Waals surface area contributed by atoms with Crippen LogP contribution in [0.5, 0.6) is 0 Å². The summed E-state index contributed by atoms with van der Waals surface area (Å²) in [5, 5.41) is 124. The van der Waals surface area contributed by atoms with Crippen LogP contribution in [0.1, 0.15) is 96.9 Å². The maximum atomic E-state index is 8.89. The summed E-state index contributed by atoms with van der Waals surface area (Å²) in [6.45, 7) is 13.6. The van der Waals surface area contributed by atoms with E-state index in [1.807, 2.05) is 0 Å². The zero-order valence-electron chi connectivity index (χ0n) is 35.5. The van der Waals surface area contributed by atoms with Gasteiger partial charge in [-0.15, -0.1) is 0 Å². The molecular formula is C28H42AuFeKMgO28PdRe-4. The van der Waals surface area contributed by atoms with Crippen molar-refractivity contribution in [2.45, 2.75) is 96.9 Å². The number of carboxylic acids is 14. The fraction of sp³-hybridized carbons (Fsp3) is 0.500. The summed E-state index contributed by atoms with van der Waals surface area (Å²) in [6, 6.07) is 0. The molecule has 62 heavy (non-hydrogen) atoms. The van der Waals surface area contributed by atoms with Gasteiger partial charge in [-0.05, 0) is 96.9 Å². The van der Waals surface area contributed by atoms with Gasteiger partial charge < -0.3 is 139 Å². The fourth-order valence-corrected chi connectivity index (χ4v) is 0. The largest absolute Gasteiger partial charge is 3.00 e. The summed E-state index contributed by atoms with van der Waals surface area (Å²) in [7, 11) is 0. The number of carbonyl (C=O) groups excluding carboxylic acids is 14. The van der Waals surface area contributed by atoms with Crippen molar-refractivity contribution in [3.63, 3.8) is 0 Å². The number of carbonyl (C=O) groups is 14. The van der Waals surface area contributed by atoms with Crippen molar-refractivity contribution >= 4 is 107 Å². The Bertz CT molecular complexity index is 742. The molecule has 0 amide bonds. The van der Waals surface area contributed by atoms with Crippen LogP contribution in [0.2, 0.25) is 0 Å². The first-order chi connectivity index (χ1) is 24.2. The van der Waals surface area contributed by atoms with Crippen molar-refractivity contribution in [2.75, 3.05) is 0 Å². The SMILES string of the molecule is CC(=O)[O-].CC(=O)[O-].CC(=O)[O-].CC(=O)[O-].CC(=O)[O-].CC(=O)[O-].CC(=O)[O-].CC(=O)[O-].CC(=O)[O-].CC(=O)[O-].CC(=O)[O-].CC(=O)[O-].CC(=O)[O-].CC(=O)[O-].[Au+3].[Fe+2].[K+].[Mg+2].[Pd+2].[Re]. The molecule has 0 N–H and O–H groups in total. The normalized spacial score (nSPS) is 5.65. The second kappa shape index (κ2) is 124. The Balaban J connectivity index is -0.0000000169. The van der Waals surface area contributed by atoms with Crippen LogP contribution >= 0.6 is 0 Å². The molecule has 0 saturated heterocycles. The second-order valence-electron chi connectivity index (χ2n) is 6.88. The molecule has 0 aliphatic rings. The first kappa shape index (κ1) is 131. The van der Waals surface area contributed by atoms with Crippen LogP contribution < -0.4 is 123 Å². The Morgan fingerprint density at radius 3 is 0.226 bits per heavy atom. The third-order valence-corrected chi connectivity index (χ3v) is 0. The molecule has 0 aromatic carbocycles. The zero-order chi connectivity index (χ0) is 50.1. The van der Waals surface area contributed by atoms with Crippen molar-refractivity contribution in [1.82, 2.24) is 0 Å². The van der Waals surface area contributed by atoms with Gasteiger partial charge in [0.25, 0.3) is 0 Å². The number of aliphatic carboxylic acids is 14. The molecule has 0 spiro atoms. The minimum Gasteiger partial charge on any atom is -0.550 e. The second-order valence-corrected chi connectivity index (χ2v) is 6.88. The first-order valence-corrected chi connectivity index (χ1v) is 12.7. The quantitative estimate of drug-likeness (QED) is 0.203. The van der Waals surface area contributed by atoms with Gasteiger partial charge >= 0.3 is 134 Å². The van der Waals surface area contributed by atoms with Crippen LogP contribution in [-0.2, 0) is 147 Å². The van der Waals surface area contributed by atoms with E-state index in [0.717, 1.165) is 96.9 Å². The van der Waals surface area contributed by atoms with E-state index < -0.39 is 83.6 Å². The first-order valence-electron chi connectivity index (χ1n) is 12.7. The molecule has 0 aromatic heterocycles. The van der Waals surface area contributed by atoms with Crippen LogP contribution in [-0.4, -0.2) is 107 Å². The molecule has 0 bridgehead atoms. The maximum Gasteiger partial charge on any atom is 3.00 e. The Morgan fingerprint density at radius 1 is 0.226 bits per heavy atom. The van der Waals surface area contributed by atoms with Gasteiger partial charge in [-0.25, -0.2) is 0 Å². The summed E-state index contributed by atoms with van der Waals surface area (Å²) in [5.74, 6) is -15.2. The molecule has 28 nitrogen and oxygen atoms in total. The average molecular weight is 1440 g/mol. The van der Waals surface area contributed by atoms with E-state index in [0.29, 0.717) is 0 Å². The van der Waals surface area contributed by atoms with E-state index in [4.69, 9.17) is 139 Å². The average Bonchev–Trinajstić information content (AvgIpc) is 2.73. The molecule has 1 radical (unpaired) electrons.